The standard InChI is InChI=1S/C12H10N2O4/c15-9-5-3-1-2-4(7(5)11(17)13-9)8-6(3)10(16)14-12(8)18/h1-4,13-18H. The average Bonchev–Trinajstić information content (AvgIpc) is 2.81. The first-order valence-electron chi connectivity index (χ1n) is 5.55. The van der Waals surface area contributed by atoms with Crippen LogP contribution in [0.2, 0.25) is 0 Å². The molecule has 5 rings (SSSR count). The molecule has 0 atom stereocenters. The van der Waals surface area contributed by atoms with Crippen LogP contribution in [-0.4, -0.2) is 30.4 Å². The zero-order valence-corrected chi connectivity index (χ0v) is 9.10. The number of rotatable bonds is 0. The van der Waals surface area contributed by atoms with Crippen molar-refractivity contribution in [2.45, 2.75) is 11.8 Å². The van der Waals surface area contributed by atoms with Gasteiger partial charge in [-0.05, 0) is 0 Å². The summed E-state index contributed by atoms with van der Waals surface area (Å²) < 4.78 is 0. The molecular formula is C12H10N2O4. The molecule has 0 amide bonds. The Morgan fingerprint density at radius 3 is 1.17 bits per heavy atom. The molecule has 0 radical (unpaired) electrons. The van der Waals surface area contributed by atoms with Crippen LogP contribution in [0.3, 0.4) is 0 Å². The van der Waals surface area contributed by atoms with Crippen molar-refractivity contribution in [3.05, 3.63) is 34.4 Å². The molecule has 3 aliphatic carbocycles. The Labute approximate surface area is 101 Å². The van der Waals surface area contributed by atoms with Crippen molar-refractivity contribution in [3.8, 4) is 23.5 Å². The summed E-state index contributed by atoms with van der Waals surface area (Å²) in [5, 5.41) is 39.3. The molecule has 0 aliphatic heterocycles. The van der Waals surface area contributed by atoms with Gasteiger partial charge < -0.3 is 20.4 Å². The van der Waals surface area contributed by atoms with E-state index in [1.54, 1.807) is 0 Å². The zero-order chi connectivity index (χ0) is 12.6. The van der Waals surface area contributed by atoms with E-state index in [9.17, 15) is 20.4 Å². The lowest BCUT2D eigenvalue weighted by molar-refractivity contribution is 0.419. The molecule has 6 nitrogen and oxygen atoms in total. The Morgan fingerprint density at radius 1 is 0.611 bits per heavy atom. The molecule has 0 fully saturated rings. The highest BCUT2D eigenvalue weighted by Gasteiger charge is 2.43. The number of nitrogens with one attached hydrogen (secondary N) is 2. The van der Waals surface area contributed by atoms with Crippen molar-refractivity contribution >= 4 is 0 Å². The maximum absolute atomic E-state index is 9.82. The van der Waals surface area contributed by atoms with Gasteiger partial charge in [-0.3, -0.25) is 9.97 Å². The number of hydrogen-bond donors (Lipinski definition) is 6. The molecule has 2 aromatic rings. The number of aromatic nitrogens is 2. The fourth-order valence-corrected chi connectivity index (χ4v) is 3.16. The Morgan fingerprint density at radius 2 is 0.889 bits per heavy atom. The lowest BCUT2D eigenvalue weighted by atomic mass is 9.70. The number of aromatic amines is 2. The van der Waals surface area contributed by atoms with E-state index in [0.29, 0.717) is 22.3 Å². The van der Waals surface area contributed by atoms with Crippen LogP contribution in [0.25, 0.3) is 0 Å². The third-order valence-corrected chi connectivity index (χ3v) is 3.81. The molecule has 2 bridgehead atoms. The van der Waals surface area contributed by atoms with E-state index in [2.05, 4.69) is 9.97 Å². The molecule has 6 N–H and O–H groups in total. The van der Waals surface area contributed by atoms with Gasteiger partial charge in [0, 0.05) is 34.1 Å². The van der Waals surface area contributed by atoms with E-state index in [0.717, 1.165) is 0 Å². The van der Waals surface area contributed by atoms with Gasteiger partial charge in [-0.2, -0.15) is 0 Å². The van der Waals surface area contributed by atoms with E-state index in [1.165, 1.54) is 0 Å². The van der Waals surface area contributed by atoms with Gasteiger partial charge in [-0.1, -0.05) is 12.2 Å². The summed E-state index contributed by atoms with van der Waals surface area (Å²) in [4.78, 5) is 4.96. The quantitative estimate of drug-likeness (QED) is 0.393. The van der Waals surface area contributed by atoms with Crippen LogP contribution in [0.1, 0.15) is 34.1 Å². The molecule has 2 aromatic heterocycles. The molecule has 0 saturated carbocycles. The second kappa shape index (κ2) is 2.66. The predicted octanol–water partition coefficient (Wildman–Crippen LogP) is 1.31. The van der Waals surface area contributed by atoms with Gasteiger partial charge in [0.2, 0.25) is 0 Å². The highest BCUT2D eigenvalue weighted by atomic mass is 16.3. The largest absolute Gasteiger partial charge is 0.494 e. The second-order valence-corrected chi connectivity index (χ2v) is 4.64. The van der Waals surface area contributed by atoms with Crippen LogP contribution < -0.4 is 0 Å². The molecule has 0 unspecified atom stereocenters. The smallest absolute Gasteiger partial charge is 0.195 e. The topological polar surface area (TPSA) is 113 Å². The second-order valence-electron chi connectivity index (χ2n) is 4.64. The van der Waals surface area contributed by atoms with Crippen molar-refractivity contribution in [1.82, 2.24) is 9.97 Å². The lowest BCUT2D eigenvalue weighted by Crippen LogP contribution is -2.17. The van der Waals surface area contributed by atoms with Gasteiger partial charge in [0.05, 0.1) is 0 Å². The van der Waals surface area contributed by atoms with Crippen LogP contribution in [0, 0.1) is 0 Å². The minimum atomic E-state index is -0.366. The Hall–Kier alpha value is -2.50. The predicted molar refractivity (Wildman–Crippen MR) is 61.1 cm³/mol. The number of aromatic hydroxyl groups is 4. The number of hydrogen-bond acceptors (Lipinski definition) is 4. The fraction of sp³-hybridized carbons (Fsp3) is 0.167. The highest BCUT2D eigenvalue weighted by molar-refractivity contribution is 5.70. The first-order valence-corrected chi connectivity index (χ1v) is 5.55. The summed E-state index contributed by atoms with van der Waals surface area (Å²) in [6.45, 7) is 0. The number of allylic oxidation sites excluding steroid dienone is 2. The van der Waals surface area contributed by atoms with Crippen LogP contribution >= 0.6 is 0 Å². The van der Waals surface area contributed by atoms with E-state index in [-0.39, 0.29) is 35.4 Å². The molecule has 3 aliphatic rings. The lowest BCUT2D eigenvalue weighted by Gasteiger charge is -2.31. The van der Waals surface area contributed by atoms with Gasteiger partial charge in [0.1, 0.15) is 0 Å². The van der Waals surface area contributed by atoms with Crippen molar-refractivity contribution in [1.29, 1.82) is 0 Å². The van der Waals surface area contributed by atoms with Crippen LogP contribution in [-0.2, 0) is 0 Å². The third-order valence-electron chi connectivity index (χ3n) is 3.81. The maximum Gasteiger partial charge on any atom is 0.195 e. The SMILES string of the molecule is Oc1[nH]c(O)c2c1C1C=CC2c2c(O)[nH]c(O)c21. The van der Waals surface area contributed by atoms with Crippen LogP contribution in [0.5, 0.6) is 23.5 Å². The third kappa shape index (κ3) is 0.827. The molecule has 2 heterocycles. The normalized spacial score (nSPS) is 23.1. The fourth-order valence-electron chi connectivity index (χ4n) is 3.16. The summed E-state index contributed by atoms with van der Waals surface area (Å²) >= 11 is 0. The Kier molecular flexibility index (Phi) is 1.41. The highest BCUT2D eigenvalue weighted by Crippen LogP contribution is 2.58. The van der Waals surface area contributed by atoms with Crippen molar-refractivity contribution in [2.75, 3.05) is 0 Å². The minimum Gasteiger partial charge on any atom is -0.494 e. The maximum atomic E-state index is 9.82. The first kappa shape index (κ1) is 9.52. The first-order chi connectivity index (χ1) is 8.59. The summed E-state index contributed by atoms with van der Waals surface area (Å²) in [5.74, 6) is -1.15. The molecule has 18 heavy (non-hydrogen) atoms. The Balaban J connectivity index is 2.10. The van der Waals surface area contributed by atoms with Crippen molar-refractivity contribution < 1.29 is 20.4 Å². The van der Waals surface area contributed by atoms with Crippen molar-refractivity contribution in [2.24, 2.45) is 0 Å². The van der Waals surface area contributed by atoms with Gasteiger partial charge in [-0.15, -0.1) is 0 Å². The molecule has 0 aromatic carbocycles. The van der Waals surface area contributed by atoms with E-state index in [4.69, 9.17) is 0 Å². The average molecular weight is 246 g/mol. The van der Waals surface area contributed by atoms with Crippen LogP contribution in [0.15, 0.2) is 12.2 Å². The van der Waals surface area contributed by atoms with Gasteiger partial charge in [-0.25, -0.2) is 0 Å². The van der Waals surface area contributed by atoms with E-state index >= 15 is 0 Å². The van der Waals surface area contributed by atoms with Crippen molar-refractivity contribution in [3.63, 3.8) is 0 Å². The van der Waals surface area contributed by atoms with Crippen LogP contribution in [0.4, 0.5) is 0 Å². The summed E-state index contributed by atoms with van der Waals surface area (Å²) in [6, 6.07) is 0. The number of H-pyrrole nitrogens is 2. The molecule has 0 saturated heterocycles. The Bertz CT molecular complexity index is 601. The summed E-state index contributed by atoms with van der Waals surface area (Å²) in [7, 11) is 0. The van der Waals surface area contributed by atoms with E-state index < -0.39 is 0 Å². The zero-order valence-electron chi connectivity index (χ0n) is 9.10. The summed E-state index contributed by atoms with van der Waals surface area (Å²) in [5.41, 5.74) is 2.23. The monoisotopic (exact) mass is 246 g/mol. The molecule has 6 heteroatoms. The van der Waals surface area contributed by atoms with E-state index in [1.807, 2.05) is 12.2 Å². The molecular weight excluding hydrogens is 236 g/mol. The van der Waals surface area contributed by atoms with Gasteiger partial charge in [0.25, 0.3) is 0 Å². The van der Waals surface area contributed by atoms with Gasteiger partial charge >= 0.3 is 0 Å². The molecule has 0 spiro atoms. The molecule has 92 valence electrons. The summed E-state index contributed by atoms with van der Waals surface area (Å²) in [6.07, 6.45) is 3.69. The van der Waals surface area contributed by atoms with Gasteiger partial charge in [0.15, 0.2) is 23.5 Å². The minimum absolute atomic E-state index is 0.104.